The van der Waals surface area contributed by atoms with E-state index < -0.39 is 49.5 Å². The lowest BCUT2D eigenvalue weighted by atomic mass is 10.0. The van der Waals surface area contributed by atoms with Crippen LogP contribution in [0.25, 0.3) is 0 Å². The number of nitrogens with two attached hydrogens (primary N) is 1. The van der Waals surface area contributed by atoms with Crippen molar-refractivity contribution in [3.8, 4) is 0 Å². The highest BCUT2D eigenvalue weighted by atomic mass is 16.6. The highest BCUT2D eigenvalue weighted by Gasteiger charge is 2.33. The molecular formula is C8H15NO8. The number of aliphatic hydroxyl groups excluding tert-OH is 5. The maximum Gasteiger partial charge on any atom is 0.404 e. The molecule has 0 fully saturated rings. The largest absolute Gasteiger partial charge is 0.446 e. The second kappa shape index (κ2) is 7.14. The summed E-state index contributed by atoms with van der Waals surface area (Å²) < 4.78 is 4.10. The van der Waals surface area contributed by atoms with Crippen molar-refractivity contribution in [2.75, 3.05) is 13.2 Å². The highest BCUT2D eigenvalue weighted by Crippen LogP contribution is 2.04. The van der Waals surface area contributed by atoms with Crippen LogP contribution in [0.5, 0.6) is 0 Å². The molecule has 0 radical (unpaired) electrons. The number of rotatable bonds is 7. The maximum absolute atomic E-state index is 11.2. The molecule has 0 aromatic carbocycles. The molecule has 100 valence electrons. The minimum atomic E-state index is -2.12. The van der Waals surface area contributed by atoms with Gasteiger partial charge in [0.05, 0.1) is 6.61 Å². The molecule has 0 aliphatic rings. The zero-order valence-electron chi connectivity index (χ0n) is 8.76. The molecule has 7 N–H and O–H groups in total. The molecular weight excluding hydrogens is 238 g/mol. The summed E-state index contributed by atoms with van der Waals surface area (Å²) in [6.45, 7) is -1.66. The molecule has 0 spiro atoms. The number of ether oxygens (including phenoxy) is 1. The van der Waals surface area contributed by atoms with Crippen molar-refractivity contribution < 1.29 is 39.9 Å². The molecule has 0 heterocycles. The van der Waals surface area contributed by atoms with E-state index in [0.717, 1.165) is 0 Å². The van der Waals surface area contributed by atoms with Gasteiger partial charge in [-0.15, -0.1) is 0 Å². The predicted octanol–water partition coefficient (Wildman–Crippen LogP) is -3.91. The number of carbonyl (C=O) groups is 2. The summed E-state index contributed by atoms with van der Waals surface area (Å²) in [6.07, 6.45) is -8.93. The van der Waals surface area contributed by atoms with Gasteiger partial charge in [-0.05, 0) is 0 Å². The van der Waals surface area contributed by atoms with Crippen molar-refractivity contribution in [2.45, 2.75) is 24.4 Å². The number of primary amides is 1. The first kappa shape index (κ1) is 15.7. The number of amides is 1. The van der Waals surface area contributed by atoms with Gasteiger partial charge in [-0.1, -0.05) is 0 Å². The number of ketones is 1. The molecule has 4 unspecified atom stereocenters. The molecule has 0 saturated heterocycles. The molecule has 0 bridgehead atoms. The van der Waals surface area contributed by atoms with E-state index in [2.05, 4.69) is 10.5 Å². The van der Waals surface area contributed by atoms with Crippen LogP contribution in [0, 0.1) is 0 Å². The van der Waals surface area contributed by atoms with E-state index in [-0.39, 0.29) is 0 Å². The topological polar surface area (TPSA) is 171 Å². The number of Topliss-reactive ketones (excluding diaryl/α,β-unsaturated/α-hetero) is 1. The number of hydrogen-bond donors (Lipinski definition) is 6. The Morgan fingerprint density at radius 1 is 1.18 bits per heavy atom. The Bertz CT molecular complexity index is 270. The number of hydrogen-bond acceptors (Lipinski definition) is 8. The van der Waals surface area contributed by atoms with Crippen LogP contribution < -0.4 is 5.73 Å². The van der Waals surface area contributed by atoms with Crippen LogP contribution in [0.1, 0.15) is 0 Å². The Balaban J connectivity index is 4.33. The van der Waals surface area contributed by atoms with Crippen molar-refractivity contribution in [3.63, 3.8) is 0 Å². The Kier molecular flexibility index (Phi) is 6.61. The summed E-state index contributed by atoms with van der Waals surface area (Å²) in [5.74, 6) is -1.27. The van der Waals surface area contributed by atoms with Crippen LogP contribution in [-0.2, 0) is 9.53 Å². The van der Waals surface area contributed by atoms with Crippen LogP contribution in [0.2, 0.25) is 0 Å². The average molecular weight is 253 g/mol. The van der Waals surface area contributed by atoms with Gasteiger partial charge in [0, 0.05) is 0 Å². The summed E-state index contributed by atoms with van der Waals surface area (Å²) >= 11 is 0. The normalized spacial score (nSPS) is 17.9. The first-order valence-electron chi connectivity index (χ1n) is 4.60. The van der Waals surface area contributed by atoms with E-state index in [9.17, 15) is 14.7 Å². The third-order valence-electron chi connectivity index (χ3n) is 1.91. The van der Waals surface area contributed by atoms with Crippen molar-refractivity contribution in [1.29, 1.82) is 0 Å². The fourth-order valence-electron chi connectivity index (χ4n) is 0.927. The minimum absolute atomic E-state index is 0.785. The molecule has 4 atom stereocenters. The van der Waals surface area contributed by atoms with E-state index >= 15 is 0 Å². The SMILES string of the molecule is NC(=O)OCC(O)C(=O)C(O)C(O)C(O)CO. The Hall–Kier alpha value is -1.26. The Morgan fingerprint density at radius 3 is 2.12 bits per heavy atom. The maximum atomic E-state index is 11.2. The zero-order valence-corrected chi connectivity index (χ0v) is 8.76. The summed E-state index contributed by atoms with van der Waals surface area (Å²) in [6, 6.07) is 0. The van der Waals surface area contributed by atoms with Gasteiger partial charge in [-0.25, -0.2) is 4.79 Å². The molecule has 0 aromatic rings. The van der Waals surface area contributed by atoms with E-state index in [1.165, 1.54) is 0 Å². The zero-order chi connectivity index (χ0) is 13.6. The Morgan fingerprint density at radius 2 is 1.71 bits per heavy atom. The Labute approximate surface area is 96.0 Å². The first-order valence-corrected chi connectivity index (χ1v) is 4.60. The third-order valence-corrected chi connectivity index (χ3v) is 1.91. The number of aliphatic hydroxyl groups is 5. The smallest absolute Gasteiger partial charge is 0.404 e. The summed E-state index contributed by atoms with van der Waals surface area (Å²) in [5.41, 5.74) is 4.58. The van der Waals surface area contributed by atoms with Gasteiger partial charge in [-0.2, -0.15) is 0 Å². The van der Waals surface area contributed by atoms with Gasteiger partial charge in [0.25, 0.3) is 0 Å². The predicted molar refractivity (Wildman–Crippen MR) is 51.7 cm³/mol. The lowest BCUT2D eigenvalue weighted by Gasteiger charge is -2.22. The molecule has 1 amide bonds. The fourth-order valence-corrected chi connectivity index (χ4v) is 0.927. The molecule has 0 aromatic heterocycles. The van der Waals surface area contributed by atoms with E-state index in [1.54, 1.807) is 0 Å². The van der Waals surface area contributed by atoms with E-state index in [0.29, 0.717) is 0 Å². The molecule has 0 aliphatic heterocycles. The van der Waals surface area contributed by atoms with Crippen molar-refractivity contribution in [2.24, 2.45) is 5.73 Å². The summed E-state index contributed by atoms with van der Waals surface area (Å²) in [5, 5.41) is 44.9. The fraction of sp³-hybridized carbons (Fsp3) is 0.750. The molecule has 0 saturated carbocycles. The van der Waals surface area contributed by atoms with Crippen LogP contribution in [-0.4, -0.2) is 75.0 Å². The van der Waals surface area contributed by atoms with Gasteiger partial charge in [-0.3, -0.25) is 4.79 Å². The summed E-state index contributed by atoms with van der Waals surface area (Å²) in [4.78, 5) is 21.4. The average Bonchev–Trinajstić information content (AvgIpc) is 2.31. The second-order valence-electron chi connectivity index (χ2n) is 3.23. The van der Waals surface area contributed by atoms with Crippen LogP contribution in [0.4, 0.5) is 4.79 Å². The van der Waals surface area contributed by atoms with Gasteiger partial charge in [0.2, 0.25) is 0 Å². The van der Waals surface area contributed by atoms with Crippen LogP contribution >= 0.6 is 0 Å². The van der Waals surface area contributed by atoms with Gasteiger partial charge in [0.15, 0.2) is 5.78 Å². The van der Waals surface area contributed by atoms with Crippen molar-refractivity contribution in [3.05, 3.63) is 0 Å². The lowest BCUT2D eigenvalue weighted by Crippen LogP contribution is -2.48. The van der Waals surface area contributed by atoms with Crippen LogP contribution in [0.3, 0.4) is 0 Å². The molecule has 0 rings (SSSR count). The minimum Gasteiger partial charge on any atom is -0.446 e. The number of carbonyl (C=O) groups excluding carboxylic acids is 2. The lowest BCUT2D eigenvalue weighted by molar-refractivity contribution is -0.150. The summed E-state index contributed by atoms with van der Waals surface area (Å²) in [7, 11) is 0. The molecule has 9 heteroatoms. The molecule has 17 heavy (non-hydrogen) atoms. The van der Waals surface area contributed by atoms with Gasteiger partial charge >= 0.3 is 6.09 Å². The van der Waals surface area contributed by atoms with Gasteiger partial charge in [0.1, 0.15) is 31.0 Å². The molecule has 0 aliphatic carbocycles. The second-order valence-corrected chi connectivity index (χ2v) is 3.23. The third kappa shape index (κ3) is 5.06. The van der Waals surface area contributed by atoms with Gasteiger partial charge < -0.3 is 36.0 Å². The van der Waals surface area contributed by atoms with E-state index in [1.807, 2.05) is 0 Å². The quantitative estimate of drug-likeness (QED) is 0.267. The van der Waals surface area contributed by atoms with Crippen LogP contribution in [0.15, 0.2) is 0 Å². The highest BCUT2D eigenvalue weighted by molar-refractivity contribution is 5.87. The first-order chi connectivity index (χ1) is 7.81. The van der Waals surface area contributed by atoms with E-state index in [4.69, 9.17) is 20.4 Å². The molecule has 9 nitrogen and oxygen atoms in total. The van der Waals surface area contributed by atoms with Crippen molar-refractivity contribution in [1.82, 2.24) is 0 Å². The monoisotopic (exact) mass is 253 g/mol. The van der Waals surface area contributed by atoms with Crippen molar-refractivity contribution >= 4 is 11.9 Å². The standard InChI is InChI=1S/C8H15NO8/c9-8(16)17-2-4(12)6(14)7(15)5(13)3(11)1-10/h3-5,7,10-13,15H,1-2H2,(H2,9,16).